The van der Waals surface area contributed by atoms with E-state index in [1.807, 2.05) is 0 Å². The van der Waals surface area contributed by atoms with Crippen molar-refractivity contribution in [2.45, 2.75) is 24.3 Å². The summed E-state index contributed by atoms with van der Waals surface area (Å²) in [6, 6.07) is 5.72. The molecule has 1 fully saturated rings. The molecule has 0 amide bonds. The molecule has 20 heavy (non-hydrogen) atoms. The van der Waals surface area contributed by atoms with Crippen LogP contribution in [0.1, 0.15) is 11.3 Å². The summed E-state index contributed by atoms with van der Waals surface area (Å²) in [7, 11) is 0. The van der Waals surface area contributed by atoms with Gasteiger partial charge in [0.15, 0.2) is 5.41 Å². The molecule has 0 saturated carbocycles. The fourth-order valence-corrected chi connectivity index (χ4v) is 3.38. The maximum atomic E-state index is 13.7. The smallest absolute Gasteiger partial charge is 0.350 e. The fourth-order valence-electron chi connectivity index (χ4n) is 2.42. The molecule has 2 rings (SSSR count). The Bertz CT molecular complexity index is 583. The van der Waals surface area contributed by atoms with Crippen LogP contribution in [0.25, 0.3) is 0 Å². The van der Waals surface area contributed by atoms with E-state index in [-0.39, 0.29) is 11.3 Å². The molecule has 0 N–H and O–H groups in total. The van der Waals surface area contributed by atoms with E-state index in [0.29, 0.717) is 0 Å². The number of nitrogens with zero attached hydrogens (tertiary/aromatic N) is 2. The topological polar surface area (TPSA) is 56.8 Å². The Labute approximate surface area is 117 Å². The molecule has 2 atom stereocenters. The van der Waals surface area contributed by atoms with Crippen LogP contribution in [0, 0.1) is 28.1 Å². The standard InChI is InChI=1S/C13H9F3N2OS/c1-2-9-6-11(7-17,8-18)12(19-9,13(14,15)16)10-4-3-5-20-10/h2-5,9H,1,6H2. The fraction of sp³-hybridized carbons (Fsp3) is 0.385. The molecule has 1 aromatic rings. The van der Waals surface area contributed by atoms with Crippen molar-refractivity contribution in [1.29, 1.82) is 10.5 Å². The van der Waals surface area contributed by atoms with E-state index in [0.717, 1.165) is 11.3 Å². The van der Waals surface area contributed by atoms with E-state index in [2.05, 4.69) is 6.58 Å². The molecular formula is C13H9F3N2OS. The Morgan fingerprint density at radius 3 is 2.50 bits per heavy atom. The molecule has 2 unspecified atom stereocenters. The lowest BCUT2D eigenvalue weighted by molar-refractivity contribution is -0.289. The second-order valence-corrected chi connectivity index (χ2v) is 5.33. The van der Waals surface area contributed by atoms with Crippen LogP contribution in [-0.4, -0.2) is 12.3 Å². The Morgan fingerprint density at radius 1 is 1.45 bits per heavy atom. The zero-order valence-electron chi connectivity index (χ0n) is 10.1. The molecule has 1 aromatic heterocycles. The summed E-state index contributed by atoms with van der Waals surface area (Å²) in [5.41, 5.74) is -5.26. The SMILES string of the molecule is C=CC1CC(C#N)(C#N)C(c2cccs2)(C(F)(F)F)O1. The minimum atomic E-state index is -4.89. The van der Waals surface area contributed by atoms with Gasteiger partial charge in [0, 0.05) is 11.3 Å². The molecule has 0 bridgehead atoms. The van der Waals surface area contributed by atoms with Crippen molar-refractivity contribution in [3.8, 4) is 12.1 Å². The van der Waals surface area contributed by atoms with Gasteiger partial charge < -0.3 is 4.74 Å². The molecule has 2 heterocycles. The van der Waals surface area contributed by atoms with Crippen molar-refractivity contribution in [2.24, 2.45) is 5.41 Å². The van der Waals surface area contributed by atoms with Crippen LogP contribution in [-0.2, 0) is 10.3 Å². The third kappa shape index (κ3) is 1.67. The zero-order valence-corrected chi connectivity index (χ0v) is 11.0. The predicted molar refractivity (Wildman–Crippen MR) is 65.4 cm³/mol. The first-order chi connectivity index (χ1) is 9.37. The van der Waals surface area contributed by atoms with Crippen molar-refractivity contribution >= 4 is 11.3 Å². The van der Waals surface area contributed by atoms with Crippen LogP contribution < -0.4 is 0 Å². The molecule has 7 heteroatoms. The summed E-state index contributed by atoms with van der Waals surface area (Å²) in [6.07, 6.45) is -5.06. The van der Waals surface area contributed by atoms with Crippen LogP contribution in [0.3, 0.4) is 0 Å². The summed E-state index contributed by atoms with van der Waals surface area (Å²) >= 11 is 0.810. The number of ether oxygens (including phenoxy) is 1. The molecule has 0 radical (unpaired) electrons. The van der Waals surface area contributed by atoms with Gasteiger partial charge in [-0.3, -0.25) is 0 Å². The summed E-state index contributed by atoms with van der Waals surface area (Å²) in [5.74, 6) is 0. The van der Waals surface area contributed by atoms with Gasteiger partial charge in [-0.15, -0.1) is 17.9 Å². The van der Waals surface area contributed by atoms with Gasteiger partial charge in [-0.05, 0) is 11.4 Å². The molecule has 104 valence electrons. The number of halogens is 3. The van der Waals surface area contributed by atoms with E-state index >= 15 is 0 Å². The summed E-state index contributed by atoms with van der Waals surface area (Å²) in [5, 5.41) is 19.9. The van der Waals surface area contributed by atoms with Gasteiger partial charge in [0.1, 0.15) is 0 Å². The highest BCUT2D eigenvalue weighted by atomic mass is 32.1. The van der Waals surface area contributed by atoms with Crippen molar-refractivity contribution in [2.75, 3.05) is 0 Å². The van der Waals surface area contributed by atoms with Gasteiger partial charge in [0.05, 0.1) is 18.2 Å². The van der Waals surface area contributed by atoms with Crippen molar-refractivity contribution in [1.82, 2.24) is 0 Å². The number of rotatable bonds is 2. The number of nitriles is 2. The number of hydrogen-bond donors (Lipinski definition) is 0. The largest absolute Gasteiger partial charge is 0.425 e. The predicted octanol–water partition coefficient (Wildman–Crippen LogP) is 3.51. The lowest BCUT2D eigenvalue weighted by Crippen LogP contribution is -2.52. The van der Waals surface area contributed by atoms with Crippen LogP contribution in [0.2, 0.25) is 0 Å². The van der Waals surface area contributed by atoms with Crippen molar-refractivity contribution in [3.05, 3.63) is 35.0 Å². The van der Waals surface area contributed by atoms with Crippen molar-refractivity contribution in [3.63, 3.8) is 0 Å². The van der Waals surface area contributed by atoms with E-state index in [1.165, 1.54) is 35.7 Å². The van der Waals surface area contributed by atoms with Gasteiger partial charge >= 0.3 is 6.18 Å². The van der Waals surface area contributed by atoms with Gasteiger partial charge in [0.2, 0.25) is 5.60 Å². The summed E-state index contributed by atoms with van der Waals surface area (Å²) in [6.45, 7) is 3.40. The van der Waals surface area contributed by atoms with Crippen LogP contribution in [0.5, 0.6) is 0 Å². The highest BCUT2D eigenvalue weighted by molar-refractivity contribution is 7.10. The van der Waals surface area contributed by atoms with Crippen LogP contribution in [0.15, 0.2) is 30.2 Å². The maximum Gasteiger partial charge on any atom is 0.425 e. The summed E-state index contributed by atoms with van der Waals surface area (Å²) < 4.78 is 46.2. The first kappa shape index (κ1) is 14.6. The maximum absolute atomic E-state index is 13.7. The third-order valence-corrected chi connectivity index (χ3v) is 4.32. The number of alkyl halides is 3. The van der Waals surface area contributed by atoms with Gasteiger partial charge in [-0.25, -0.2) is 0 Å². The number of hydrogen-bond acceptors (Lipinski definition) is 4. The Kier molecular flexibility index (Phi) is 3.37. The molecule has 1 aliphatic rings. The van der Waals surface area contributed by atoms with Gasteiger partial charge in [0.25, 0.3) is 0 Å². The molecular weight excluding hydrogens is 289 g/mol. The van der Waals surface area contributed by atoms with E-state index in [4.69, 9.17) is 4.74 Å². The highest BCUT2D eigenvalue weighted by Crippen LogP contribution is 2.61. The molecule has 0 aromatic carbocycles. The van der Waals surface area contributed by atoms with E-state index < -0.39 is 23.3 Å². The number of thiophene rings is 1. The minimum absolute atomic E-state index is 0.197. The van der Waals surface area contributed by atoms with Crippen LogP contribution >= 0.6 is 11.3 Å². The highest BCUT2D eigenvalue weighted by Gasteiger charge is 2.75. The lowest BCUT2D eigenvalue weighted by Gasteiger charge is -2.36. The Hall–Kier alpha value is -1.83. The molecule has 0 spiro atoms. The van der Waals surface area contributed by atoms with E-state index in [1.54, 1.807) is 0 Å². The first-order valence-corrected chi connectivity index (χ1v) is 6.48. The van der Waals surface area contributed by atoms with Crippen molar-refractivity contribution < 1.29 is 17.9 Å². The molecule has 1 aliphatic heterocycles. The molecule has 0 aliphatic carbocycles. The Morgan fingerprint density at radius 2 is 2.10 bits per heavy atom. The zero-order chi connectivity index (χ0) is 15.0. The quantitative estimate of drug-likeness (QED) is 0.785. The normalized spacial score (nSPS) is 28.6. The average Bonchev–Trinajstić information content (AvgIpc) is 3.03. The first-order valence-electron chi connectivity index (χ1n) is 5.60. The second-order valence-electron chi connectivity index (χ2n) is 4.38. The second kappa shape index (κ2) is 4.62. The Balaban J connectivity index is 2.77. The third-order valence-electron chi connectivity index (χ3n) is 3.35. The van der Waals surface area contributed by atoms with Crippen LogP contribution in [0.4, 0.5) is 13.2 Å². The minimum Gasteiger partial charge on any atom is -0.350 e. The lowest BCUT2D eigenvalue weighted by atomic mass is 9.71. The summed E-state index contributed by atoms with van der Waals surface area (Å²) in [4.78, 5) is -0.197. The van der Waals surface area contributed by atoms with Gasteiger partial charge in [-0.2, -0.15) is 23.7 Å². The van der Waals surface area contributed by atoms with Gasteiger partial charge in [-0.1, -0.05) is 12.1 Å². The molecule has 1 saturated heterocycles. The van der Waals surface area contributed by atoms with E-state index in [9.17, 15) is 23.7 Å². The monoisotopic (exact) mass is 298 g/mol. The molecule has 3 nitrogen and oxygen atoms in total. The average molecular weight is 298 g/mol.